The summed E-state index contributed by atoms with van der Waals surface area (Å²) in [6.07, 6.45) is 0.861. The van der Waals surface area contributed by atoms with E-state index in [1.807, 2.05) is 6.92 Å². The molecule has 0 aromatic carbocycles. The Kier molecular flexibility index (Phi) is 3.65. The molecular weight excluding hydrogens is 330 g/mol. The van der Waals surface area contributed by atoms with Crippen LogP contribution in [0.5, 0.6) is 5.75 Å². The molecule has 4 rings (SSSR count). The third-order valence-corrected chi connectivity index (χ3v) is 5.37. The van der Waals surface area contributed by atoms with Gasteiger partial charge in [-0.25, -0.2) is 9.78 Å². The van der Waals surface area contributed by atoms with Gasteiger partial charge in [0, 0.05) is 39.1 Å². The van der Waals surface area contributed by atoms with Crippen molar-refractivity contribution in [2.45, 2.75) is 19.4 Å². The van der Waals surface area contributed by atoms with Crippen molar-refractivity contribution in [2.75, 3.05) is 38.2 Å². The number of hydrogen-bond acceptors (Lipinski definition) is 6. The summed E-state index contributed by atoms with van der Waals surface area (Å²) in [7, 11) is 3.79. The minimum absolute atomic E-state index is 0.264. The van der Waals surface area contributed by atoms with Crippen LogP contribution in [0.1, 0.15) is 12.1 Å². The number of fused-ring (bicyclic) bond motifs is 2. The van der Waals surface area contributed by atoms with Gasteiger partial charge in [-0.15, -0.1) is 0 Å². The zero-order valence-electron chi connectivity index (χ0n) is 14.0. The van der Waals surface area contributed by atoms with Crippen molar-refractivity contribution in [3.63, 3.8) is 0 Å². The van der Waals surface area contributed by atoms with Gasteiger partial charge in [0.1, 0.15) is 16.2 Å². The van der Waals surface area contributed by atoms with Gasteiger partial charge >= 0.3 is 5.69 Å². The van der Waals surface area contributed by atoms with Crippen LogP contribution < -0.4 is 15.3 Å². The molecule has 2 aliphatic heterocycles. The molecule has 128 valence electrons. The molecule has 2 aromatic rings. The van der Waals surface area contributed by atoms with Gasteiger partial charge in [0.15, 0.2) is 11.4 Å². The highest BCUT2D eigenvalue weighted by molar-refractivity contribution is 6.34. The number of halogens is 1. The Hall–Kier alpha value is -1.86. The molecule has 1 unspecified atom stereocenters. The highest BCUT2D eigenvalue weighted by Gasteiger charge is 2.32. The van der Waals surface area contributed by atoms with Crippen LogP contribution in [-0.4, -0.2) is 58.8 Å². The van der Waals surface area contributed by atoms with E-state index in [1.54, 1.807) is 7.05 Å². The van der Waals surface area contributed by atoms with Crippen molar-refractivity contribution in [1.29, 1.82) is 0 Å². The lowest BCUT2D eigenvalue weighted by Gasteiger charge is -2.42. The Balaban J connectivity index is 2.06. The zero-order chi connectivity index (χ0) is 17.0. The highest BCUT2D eigenvalue weighted by atomic mass is 35.5. The highest BCUT2D eigenvalue weighted by Crippen LogP contribution is 2.40. The SMILES string of the molecule is Cc1nc2c3c(nc(=O)n2C)N2CCN(C)CC2CCOc3c1Cl. The number of ether oxygens (including phenoxy) is 1. The smallest absolute Gasteiger partial charge is 0.350 e. The molecule has 0 spiro atoms. The first-order chi connectivity index (χ1) is 11.5. The molecular formula is C16H20ClN5O2. The van der Waals surface area contributed by atoms with Crippen LogP contribution in [0.25, 0.3) is 11.0 Å². The summed E-state index contributed by atoms with van der Waals surface area (Å²) in [6, 6.07) is 0.264. The van der Waals surface area contributed by atoms with E-state index in [0.29, 0.717) is 34.5 Å². The number of nitrogens with zero attached hydrogens (tertiary/aromatic N) is 5. The molecule has 2 aliphatic rings. The summed E-state index contributed by atoms with van der Waals surface area (Å²) >= 11 is 6.47. The number of aromatic nitrogens is 3. The predicted molar refractivity (Wildman–Crippen MR) is 93.3 cm³/mol. The normalized spacial score (nSPS) is 21.2. The lowest BCUT2D eigenvalue weighted by molar-refractivity contribution is 0.226. The Bertz CT molecular complexity index is 881. The van der Waals surface area contributed by atoms with Gasteiger partial charge in [0.05, 0.1) is 12.3 Å². The molecule has 1 fully saturated rings. The standard InChI is InChI=1S/C16H20ClN5O2/c1-9-12(17)13-11-14(18-9)21(3)16(23)19-15(11)22-6-5-20(2)8-10(22)4-7-24-13/h10H,4-8H2,1-3H3. The molecule has 1 atom stereocenters. The van der Waals surface area contributed by atoms with E-state index in [-0.39, 0.29) is 11.7 Å². The molecule has 8 heteroatoms. The van der Waals surface area contributed by atoms with E-state index < -0.39 is 0 Å². The fourth-order valence-electron chi connectivity index (χ4n) is 3.57. The van der Waals surface area contributed by atoms with Crippen LogP contribution in [0, 0.1) is 6.92 Å². The van der Waals surface area contributed by atoms with E-state index >= 15 is 0 Å². The third kappa shape index (κ3) is 2.26. The molecule has 0 amide bonds. The first-order valence-electron chi connectivity index (χ1n) is 8.12. The maximum atomic E-state index is 12.4. The van der Waals surface area contributed by atoms with Crippen LogP contribution in [0.4, 0.5) is 5.82 Å². The van der Waals surface area contributed by atoms with Crippen molar-refractivity contribution in [3.05, 3.63) is 21.2 Å². The van der Waals surface area contributed by atoms with Crippen molar-refractivity contribution < 1.29 is 4.74 Å². The maximum Gasteiger partial charge on any atom is 0.350 e. The summed E-state index contributed by atoms with van der Waals surface area (Å²) < 4.78 is 7.48. The Morgan fingerprint density at radius 2 is 2.04 bits per heavy atom. The molecule has 2 aromatic heterocycles. The number of anilines is 1. The molecule has 0 N–H and O–H groups in total. The summed E-state index contributed by atoms with van der Waals surface area (Å²) in [5.41, 5.74) is 0.916. The van der Waals surface area contributed by atoms with Gasteiger partial charge in [0.2, 0.25) is 0 Å². The average Bonchev–Trinajstić information content (AvgIpc) is 2.53. The second-order valence-electron chi connectivity index (χ2n) is 6.56. The second kappa shape index (κ2) is 5.60. The topological polar surface area (TPSA) is 63.5 Å². The second-order valence-corrected chi connectivity index (χ2v) is 6.94. The molecule has 4 heterocycles. The number of hydrogen-bond donors (Lipinski definition) is 0. The van der Waals surface area contributed by atoms with E-state index in [4.69, 9.17) is 16.3 Å². The first kappa shape index (κ1) is 15.7. The fourth-order valence-corrected chi connectivity index (χ4v) is 3.76. The van der Waals surface area contributed by atoms with Crippen LogP contribution >= 0.6 is 11.6 Å². The lowest BCUT2D eigenvalue weighted by atomic mass is 10.1. The zero-order valence-corrected chi connectivity index (χ0v) is 14.8. The monoisotopic (exact) mass is 349 g/mol. The van der Waals surface area contributed by atoms with Crippen LogP contribution in [0.2, 0.25) is 5.02 Å². The van der Waals surface area contributed by atoms with Gasteiger partial charge < -0.3 is 14.5 Å². The molecule has 0 aliphatic carbocycles. The Labute approximate surface area is 144 Å². The average molecular weight is 350 g/mol. The number of rotatable bonds is 0. The van der Waals surface area contributed by atoms with Gasteiger partial charge in [-0.3, -0.25) is 4.57 Å². The van der Waals surface area contributed by atoms with Crippen LogP contribution in [0.15, 0.2) is 4.79 Å². The molecule has 0 saturated carbocycles. The summed E-state index contributed by atoms with van der Waals surface area (Å²) in [4.78, 5) is 25.8. The minimum Gasteiger partial charge on any atom is -0.491 e. The lowest BCUT2D eigenvalue weighted by Crippen LogP contribution is -2.53. The van der Waals surface area contributed by atoms with Crippen LogP contribution in [-0.2, 0) is 7.05 Å². The van der Waals surface area contributed by atoms with Gasteiger partial charge in [-0.2, -0.15) is 4.98 Å². The number of piperazine rings is 1. The molecule has 1 saturated heterocycles. The maximum absolute atomic E-state index is 12.4. The number of likely N-dealkylation sites (N-methyl/N-ethyl adjacent to an activating group) is 1. The third-order valence-electron chi connectivity index (χ3n) is 4.93. The van der Waals surface area contributed by atoms with Crippen molar-refractivity contribution >= 4 is 28.5 Å². The first-order valence-corrected chi connectivity index (χ1v) is 8.50. The van der Waals surface area contributed by atoms with Crippen molar-refractivity contribution in [1.82, 2.24) is 19.4 Å². The fraction of sp³-hybridized carbons (Fsp3) is 0.562. The van der Waals surface area contributed by atoms with E-state index in [9.17, 15) is 4.79 Å². The molecule has 7 nitrogen and oxygen atoms in total. The molecule has 0 radical (unpaired) electrons. The van der Waals surface area contributed by atoms with Crippen molar-refractivity contribution in [2.24, 2.45) is 7.05 Å². The number of pyridine rings is 1. The van der Waals surface area contributed by atoms with Gasteiger partial charge in [0.25, 0.3) is 0 Å². The van der Waals surface area contributed by atoms with Gasteiger partial charge in [-0.05, 0) is 14.0 Å². The van der Waals surface area contributed by atoms with E-state index in [1.165, 1.54) is 4.57 Å². The van der Waals surface area contributed by atoms with Gasteiger partial charge in [-0.1, -0.05) is 11.6 Å². The molecule has 24 heavy (non-hydrogen) atoms. The largest absolute Gasteiger partial charge is 0.491 e. The Morgan fingerprint density at radius 3 is 2.83 bits per heavy atom. The molecule has 0 bridgehead atoms. The Morgan fingerprint density at radius 1 is 1.25 bits per heavy atom. The summed E-state index contributed by atoms with van der Waals surface area (Å²) in [5, 5.41) is 1.23. The van der Waals surface area contributed by atoms with E-state index in [2.05, 4.69) is 26.8 Å². The predicted octanol–water partition coefficient (Wildman–Crippen LogP) is 1.19. The minimum atomic E-state index is -0.309. The van der Waals surface area contributed by atoms with E-state index in [0.717, 1.165) is 31.4 Å². The summed E-state index contributed by atoms with van der Waals surface area (Å²) in [6.45, 7) is 5.07. The van der Waals surface area contributed by atoms with Crippen molar-refractivity contribution in [3.8, 4) is 5.75 Å². The quantitative estimate of drug-likeness (QED) is 0.712. The summed E-state index contributed by atoms with van der Waals surface area (Å²) in [5.74, 6) is 1.24. The number of aryl methyl sites for hydroxylation is 2. The van der Waals surface area contributed by atoms with Crippen LogP contribution in [0.3, 0.4) is 0 Å².